The standard InChI is InChI=1S/C16H17ClN2O2/c1-10(11-4-3-5-13(8-11)21-2)19-16(20)14-7-6-12(17)9-15(14)18/h3-10H,18H2,1-2H3,(H,19,20)/t10-/m0/s1. The molecule has 4 nitrogen and oxygen atoms in total. The van der Waals surface area contributed by atoms with Crippen molar-refractivity contribution in [2.24, 2.45) is 0 Å². The van der Waals surface area contributed by atoms with E-state index in [-0.39, 0.29) is 11.9 Å². The van der Waals surface area contributed by atoms with E-state index in [1.165, 1.54) is 0 Å². The molecule has 0 spiro atoms. The first kappa shape index (κ1) is 15.2. The molecule has 0 radical (unpaired) electrons. The molecule has 0 unspecified atom stereocenters. The van der Waals surface area contributed by atoms with Crippen molar-refractivity contribution in [3.05, 3.63) is 58.6 Å². The predicted octanol–water partition coefficient (Wildman–Crippen LogP) is 3.42. The van der Waals surface area contributed by atoms with Gasteiger partial charge in [-0.25, -0.2) is 0 Å². The van der Waals surface area contributed by atoms with Gasteiger partial charge in [-0.1, -0.05) is 23.7 Å². The number of nitrogen functional groups attached to an aromatic ring is 1. The van der Waals surface area contributed by atoms with Crippen LogP contribution >= 0.6 is 11.6 Å². The monoisotopic (exact) mass is 304 g/mol. The lowest BCUT2D eigenvalue weighted by atomic mass is 10.1. The highest BCUT2D eigenvalue weighted by Gasteiger charge is 2.14. The number of ether oxygens (including phenoxy) is 1. The third-order valence-electron chi connectivity index (χ3n) is 3.20. The first-order valence-corrected chi connectivity index (χ1v) is 6.89. The van der Waals surface area contributed by atoms with Crippen molar-refractivity contribution in [1.29, 1.82) is 0 Å². The summed E-state index contributed by atoms with van der Waals surface area (Å²) >= 11 is 5.83. The van der Waals surface area contributed by atoms with Gasteiger partial charge in [0.05, 0.1) is 18.7 Å². The molecule has 5 heteroatoms. The van der Waals surface area contributed by atoms with Crippen molar-refractivity contribution < 1.29 is 9.53 Å². The molecule has 0 aliphatic heterocycles. The molecular weight excluding hydrogens is 288 g/mol. The summed E-state index contributed by atoms with van der Waals surface area (Å²) in [5, 5.41) is 3.41. The quantitative estimate of drug-likeness (QED) is 0.851. The highest BCUT2D eigenvalue weighted by molar-refractivity contribution is 6.31. The van der Waals surface area contributed by atoms with E-state index in [9.17, 15) is 4.79 Å². The van der Waals surface area contributed by atoms with E-state index in [1.54, 1.807) is 25.3 Å². The fraction of sp³-hybridized carbons (Fsp3) is 0.188. The molecule has 2 rings (SSSR count). The molecule has 0 aliphatic carbocycles. The van der Waals surface area contributed by atoms with Gasteiger partial charge in [0.1, 0.15) is 5.75 Å². The van der Waals surface area contributed by atoms with Gasteiger partial charge in [-0.2, -0.15) is 0 Å². The van der Waals surface area contributed by atoms with Crippen LogP contribution in [0, 0.1) is 0 Å². The Morgan fingerprint density at radius 2 is 2.05 bits per heavy atom. The zero-order valence-corrected chi connectivity index (χ0v) is 12.6. The Balaban J connectivity index is 2.14. The molecule has 2 aromatic carbocycles. The number of hydrogen-bond acceptors (Lipinski definition) is 3. The van der Waals surface area contributed by atoms with E-state index in [4.69, 9.17) is 22.1 Å². The molecule has 3 N–H and O–H groups in total. The van der Waals surface area contributed by atoms with Crippen molar-refractivity contribution in [2.45, 2.75) is 13.0 Å². The summed E-state index contributed by atoms with van der Waals surface area (Å²) in [6, 6.07) is 12.2. The molecule has 0 aromatic heterocycles. The number of carbonyl (C=O) groups excluding carboxylic acids is 1. The molecule has 1 atom stereocenters. The molecule has 0 saturated carbocycles. The summed E-state index contributed by atoms with van der Waals surface area (Å²) in [7, 11) is 1.61. The highest BCUT2D eigenvalue weighted by Crippen LogP contribution is 2.21. The number of halogens is 1. The normalized spacial score (nSPS) is 11.8. The van der Waals surface area contributed by atoms with Crippen molar-refractivity contribution in [2.75, 3.05) is 12.8 Å². The molecule has 0 heterocycles. The van der Waals surface area contributed by atoms with Crippen LogP contribution in [0.2, 0.25) is 5.02 Å². The third kappa shape index (κ3) is 3.67. The van der Waals surface area contributed by atoms with Crippen LogP contribution in [0.3, 0.4) is 0 Å². The number of carbonyl (C=O) groups is 1. The van der Waals surface area contributed by atoms with Gasteiger partial charge in [-0.05, 0) is 42.8 Å². The second-order valence-corrected chi connectivity index (χ2v) is 5.14. The maximum absolute atomic E-state index is 12.2. The maximum Gasteiger partial charge on any atom is 0.253 e. The van der Waals surface area contributed by atoms with Crippen LogP contribution in [0.4, 0.5) is 5.69 Å². The molecule has 110 valence electrons. The van der Waals surface area contributed by atoms with E-state index >= 15 is 0 Å². The summed E-state index contributed by atoms with van der Waals surface area (Å²) in [5.74, 6) is 0.513. The van der Waals surface area contributed by atoms with Gasteiger partial charge in [-0.3, -0.25) is 4.79 Å². The average Bonchev–Trinajstić information content (AvgIpc) is 2.47. The number of amides is 1. The Labute approximate surface area is 128 Å². The minimum atomic E-state index is -0.237. The lowest BCUT2D eigenvalue weighted by Gasteiger charge is -2.16. The highest BCUT2D eigenvalue weighted by atomic mass is 35.5. The molecule has 21 heavy (non-hydrogen) atoms. The maximum atomic E-state index is 12.2. The molecular formula is C16H17ClN2O2. The van der Waals surface area contributed by atoms with E-state index < -0.39 is 0 Å². The number of rotatable bonds is 4. The number of nitrogens with one attached hydrogen (secondary N) is 1. The van der Waals surface area contributed by atoms with Gasteiger partial charge in [-0.15, -0.1) is 0 Å². The third-order valence-corrected chi connectivity index (χ3v) is 3.43. The number of hydrogen-bond donors (Lipinski definition) is 2. The lowest BCUT2D eigenvalue weighted by Crippen LogP contribution is -2.27. The van der Waals surface area contributed by atoms with Gasteiger partial charge in [0.25, 0.3) is 5.91 Å². The summed E-state index contributed by atoms with van der Waals surface area (Å²) < 4.78 is 5.18. The molecule has 1 amide bonds. The van der Waals surface area contributed by atoms with E-state index in [2.05, 4.69) is 5.32 Å². The Kier molecular flexibility index (Phi) is 4.70. The van der Waals surface area contributed by atoms with Crippen molar-refractivity contribution in [3.8, 4) is 5.75 Å². The largest absolute Gasteiger partial charge is 0.497 e. The average molecular weight is 305 g/mol. The Bertz CT molecular complexity index is 658. The van der Waals surface area contributed by atoms with Crippen molar-refractivity contribution in [1.82, 2.24) is 5.32 Å². The second kappa shape index (κ2) is 6.50. The molecule has 2 aromatic rings. The summed E-state index contributed by atoms with van der Waals surface area (Å²) in [5.41, 5.74) is 7.54. The van der Waals surface area contributed by atoms with E-state index in [0.717, 1.165) is 11.3 Å². The van der Waals surface area contributed by atoms with Crippen molar-refractivity contribution in [3.63, 3.8) is 0 Å². The summed E-state index contributed by atoms with van der Waals surface area (Å²) in [4.78, 5) is 12.2. The van der Waals surface area contributed by atoms with Gasteiger partial charge in [0, 0.05) is 10.7 Å². The minimum Gasteiger partial charge on any atom is -0.497 e. The van der Waals surface area contributed by atoms with Crippen molar-refractivity contribution >= 4 is 23.2 Å². The number of nitrogens with two attached hydrogens (primary N) is 1. The van der Waals surface area contributed by atoms with Gasteiger partial charge >= 0.3 is 0 Å². The Morgan fingerprint density at radius 1 is 1.29 bits per heavy atom. The fourth-order valence-corrected chi connectivity index (χ4v) is 2.19. The molecule has 0 aliphatic rings. The van der Waals surface area contributed by atoms with Gasteiger partial charge in [0.15, 0.2) is 0 Å². The predicted molar refractivity (Wildman–Crippen MR) is 84.7 cm³/mol. The summed E-state index contributed by atoms with van der Waals surface area (Å²) in [6.45, 7) is 1.90. The van der Waals surface area contributed by atoms with Gasteiger partial charge < -0.3 is 15.8 Å². The van der Waals surface area contributed by atoms with Crippen LogP contribution in [0.1, 0.15) is 28.9 Å². The molecule has 0 fully saturated rings. The zero-order chi connectivity index (χ0) is 15.4. The van der Waals surface area contributed by atoms with Gasteiger partial charge in [0.2, 0.25) is 0 Å². The fourth-order valence-electron chi connectivity index (χ4n) is 2.01. The topological polar surface area (TPSA) is 64.3 Å². The van der Waals surface area contributed by atoms with Crippen LogP contribution in [0.5, 0.6) is 5.75 Å². The second-order valence-electron chi connectivity index (χ2n) is 4.70. The van der Waals surface area contributed by atoms with Crippen LogP contribution in [0.25, 0.3) is 0 Å². The smallest absolute Gasteiger partial charge is 0.253 e. The zero-order valence-electron chi connectivity index (χ0n) is 11.9. The lowest BCUT2D eigenvalue weighted by molar-refractivity contribution is 0.0940. The van der Waals surface area contributed by atoms with Crippen LogP contribution < -0.4 is 15.8 Å². The van der Waals surface area contributed by atoms with E-state index in [1.807, 2.05) is 31.2 Å². The SMILES string of the molecule is COc1cccc([C@H](C)NC(=O)c2ccc(Cl)cc2N)c1. The first-order valence-electron chi connectivity index (χ1n) is 6.51. The Hall–Kier alpha value is -2.20. The van der Waals surface area contributed by atoms with Crippen LogP contribution in [-0.2, 0) is 0 Å². The first-order chi connectivity index (χ1) is 10.0. The minimum absolute atomic E-state index is 0.164. The van der Waals surface area contributed by atoms with E-state index in [0.29, 0.717) is 16.3 Å². The van der Waals surface area contributed by atoms with Crippen LogP contribution in [0.15, 0.2) is 42.5 Å². The molecule has 0 saturated heterocycles. The molecule has 0 bridgehead atoms. The Morgan fingerprint density at radius 3 is 2.71 bits per heavy atom. The number of anilines is 1. The van der Waals surface area contributed by atoms with Crippen LogP contribution in [-0.4, -0.2) is 13.0 Å². The number of methoxy groups -OCH3 is 1. The number of benzene rings is 2. The summed E-state index contributed by atoms with van der Waals surface area (Å²) in [6.07, 6.45) is 0.